The Balaban J connectivity index is 2.70. The fourth-order valence-electron chi connectivity index (χ4n) is 1.55. The number of rotatable bonds is 1. The van der Waals surface area contributed by atoms with Crippen molar-refractivity contribution in [1.82, 2.24) is 0 Å². The van der Waals surface area contributed by atoms with Crippen LogP contribution in [0.3, 0.4) is 0 Å². The molecule has 0 saturated heterocycles. The molecular weight excluding hydrogens is 140 g/mol. The van der Waals surface area contributed by atoms with E-state index >= 15 is 0 Å². The summed E-state index contributed by atoms with van der Waals surface area (Å²) in [6.45, 7) is 8.38. The Hall–Kier alpha value is -0.530. The molecule has 0 aliphatic heterocycles. The Morgan fingerprint density at radius 3 is 2.09 bits per heavy atom. The van der Waals surface area contributed by atoms with Crippen molar-refractivity contribution in [3.63, 3.8) is 0 Å². The van der Waals surface area contributed by atoms with Gasteiger partial charge in [0.05, 0.1) is 5.92 Å². The van der Waals surface area contributed by atoms with Crippen molar-refractivity contribution >= 4 is 5.97 Å². The van der Waals surface area contributed by atoms with Gasteiger partial charge in [0, 0.05) is 0 Å². The summed E-state index contributed by atoms with van der Waals surface area (Å²) >= 11 is 0. The molecule has 1 saturated carbocycles. The third-order valence-corrected chi connectivity index (χ3v) is 3.25. The second kappa shape index (κ2) is 1.99. The van der Waals surface area contributed by atoms with Crippen LogP contribution in [0.1, 0.15) is 34.1 Å². The third kappa shape index (κ3) is 1.15. The van der Waals surface area contributed by atoms with Crippen LogP contribution in [0.4, 0.5) is 0 Å². The second-order valence-corrected chi connectivity index (χ2v) is 4.76. The van der Waals surface area contributed by atoms with Crippen LogP contribution in [-0.2, 0) is 4.79 Å². The molecule has 1 fully saturated rings. The highest BCUT2D eigenvalue weighted by molar-refractivity contribution is 5.74. The van der Waals surface area contributed by atoms with Crippen LogP contribution in [0.2, 0.25) is 0 Å². The molecule has 0 aromatic carbocycles. The van der Waals surface area contributed by atoms with Gasteiger partial charge in [-0.05, 0) is 17.3 Å². The zero-order valence-electron chi connectivity index (χ0n) is 7.64. The van der Waals surface area contributed by atoms with E-state index in [0.717, 1.165) is 6.42 Å². The number of carbonyl (C=O) groups is 1. The molecule has 0 aromatic rings. The lowest BCUT2D eigenvalue weighted by Gasteiger charge is -2.27. The lowest BCUT2D eigenvalue weighted by Crippen LogP contribution is -2.23. The fraction of sp³-hybridized carbons (Fsp3) is 0.889. The van der Waals surface area contributed by atoms with Crippen LogP contribution in [0, 0.1) is 16.7 Å². The molecule has 0 aromatic heterocycles. The summed E-state index contributed by atoms with van der Waals surface area (Å²) < 4.78 is 0. The summed E-state index contributed by atoms with van der Waals surface area (Å²) in [5.41, 5.74) is 0.148. The molecule has 2 atom stereocenters. The fourth-order valence-corrected chi connectivity index (χ4v) is 1.55. The maximum absolute atomic E-state index is 10.6. The van der Waals surface area contributed by atoms with E-state index in [1.165, 1.54) is 0 Å². The lowest BCUT2D eigenvalue weighted by atomic mass is 9.77. The first kappa shape index (κ1) is 8.57. The second-order valence-electron chi connectivity index (χ2n) is 4.76. The monoisotopic (exact) mass is 156 g/mol. The summed E-state index contributed by atoms with van der Waals surface area (Å²) in [7, 11) is 0. The van der Waals surface area contributed by atoms with Crippen molar-refractivity contribution in [1.29, 1.82) is 0 Å². The van der Waals surface area contributed by atoms with Crippen molar-refractivity contribution in [3.05, 3.63) is 0 Å². The van der Waals surface area contributed by atoms with Gasteiger partial charge in [0.2, 0.25) is 0 Å². The van der Waals surface area contributed by atoms with Gasteiger partial charge in [0.15, 0.2) is 0 Å². The molecule has 64 valence electrons. The number of hydrogen-bond acceptors (Lipinski definition) is 1. The van der Waals surface area contributed by atoms with Crippen molar-refractivity contribution < 1.29 is 9.90 Å². The Morgan fingerprint density at radius 2 is 2.00 bits per heavy atom. The van der Waals surface area contributed by atoms with E-state index in [9.17, 15) is 4.79 Å². The van der Waals surface area contributed by atoms with E-state index in [2.05, 4.69) is 27.7 Å². The van der Waals surface area contributed by atoms with Crippen LogP contribution in [-0.4, -0.2) is 11.1 Å². The van der Waals surface area contributed by atoms with Gasteiger partial charge in [-0.2, -0.15) is 0 Å². The zero-order chi connectivity index (χ0) is 8.86. The summed E-state index contributed by atoms with van der Waals surface area (Å²) in [5.74, 6) is -0.745. The number of hydrogen-bond donors (Lipinski definition) is 1. The molecule has 11 heavy (non-hydrogen) atoms. The molecule has 0 unspecified atom stereocenters. The normalized spacial score (nSPS) is 36.9. The molecule has 0 spiro atoms. The van der Waals surface area contributed by atoms with Crippen molar-refractivity contribution in [2.75, 3.05) is 0 Å². The molecule has 1 rings (SSSR count). The van der Waals surface area contributed by atoms with Gasteiger partial charge in [0.25, 0.3) is 0 Å². The van der Waals surface area contributed by atoms with E-state index < -0.39 is 5.97 Å². The van der Waals surface area contributed by atoms with Gasteiger partial charge in [-0.15, -0.1) is 0 Å². The SMILES string of the molecule is CC(C)(C)[C@@]1(C)C[C@@H]1C(=O)O. The van der Waals surface area contributed by atoms with Crippen LogP contribution >= 0.6 is 0 Å². The molecular formula is C9H16O2. The molecule has 0 amide bonds. The third-order valence-electron chi connectivity index (χ3n) is 3.25. The van der Waals surface area contributed by atoms with E-state index in [4.69, 9.17) is 5.11 Å². The number of aliphatic carboxylic acids is 1. The molecule has 2 nitrogen and oxygen atoms in total. The van der Waals surface area contributed by atoms with Crippen LogP contribution < -0.4 is 0 Å². The van der Waals surface area contributed by atoms with Gasteiger partial charge < -0.3 is 5.11 Å². The van der Waals surface area contributed by atoms with Crippen molar-refractivity contribution in [2.24, 2.45) is 16.7 Å². The first-order chi connectivity index (χ1) is 4.79. The van der Waals surface area contributed by atoms with Gasteiger partial charge in [-0.1, -0.05) is 27.7 Å². The smallest absolute Gasteiger partial charge is 0.307 e. The Kier molecular flexibility index (Phi) is 1.55. The first-order valence-corrected chi connectivity index (χ1v) is 4.02. The summed E-state index contributed by atoms with van der Waals surface area (Å²) in [6, 6.07) is 0. The highest BCUT2D eigenvalue weighted by atomic mass is 16.4. The first-order valence-electron chi connectivity index (χ1n) is 4.02. The molecule has 1 aliphatic carbocycles. The van der Waals surface area contributed by atoms with Crippen LogP contribution in [0.15, 0.2) is 0 Å². The van der Waals surface area contributed by atoms with Gasteiger partial charge in [0.1, 0.15) is 0 Å². The standard InChI is InChI=1S/C9H16O2/c1-8(2,3)9(4)5-6(9)7(10)11/h6H,5H2,1-4H3,(H,10,11)/t6-,9+/m1/s1. The molecule has 1 aliphatic rings. The Morgan fingerprint density at radius 1 is 1.55 bits per heavy atom. The minimum absolute atomic E-state index is 0.0266. The van der Waals surface area contributed by atoms with Crippen LogP contribution in [0.25, 0.3) is 0 Å². The average molecular weight is 156 g/mol. The summed E-state index contributed by atoms with van der Waals surface area (Å²) in [5, 5.41) is 8.75. The quantitative estimate of drug-likeness (QED) is 0.631. The highest BCUT2D eigenvalue weighted by Crippen LogP contribution is 2.62. The highest BCUT2D eigenvalue weighted by Gasteiger charge is 2.60. The zero-order valence-corrected chi connectivity index (χ0v) is 7.64. The lowest BCUT2D eigenvalue weighted by molar-refractivity contribution is -0.140. The molecule has 1 N–H and O–H groups in total. The van der Waals surface area contributed by atoms with Crippen molar-refractivity contribution in [3.8, 4) is 0 Å². The maximum atomic E-state index is 10.6. The molecule has 2 heteroatoms. The van der Waals surface area contributed by atoms with Gasteiger partial charge in [-0.3, -0.25) is 4.79 Å². The van der Waals surface area contributed by atoms with E-state index in [-0.39, 0.29) is 16.7 Å². The largest absolute Gasteiger partial charge is 0.481 e. The molecule has 0 bridgehead atoms. The van der Waals surface area contributed by atoms with E-state index in [1.54, 1.807) is 0 Å². The summed E-state index contributed by atoms with van der Waals surface area (Å²) in [4.78, 5) is 10.6. The van der Waals surface area contributed by atoms with Gasteiger partial charge >= 0.3 is 5.97 Å². The molecule has 0 radical (unpaired) electrons. The van der Waals surface area contributed by atoms with Gasteiger partial charge in [-0.25, -0.2) is 0 Å². The topological polar surface area (TPSA) is 37.3 Å². The van der Waals surface area contributed by atoms with E-state index in [1.807, 2.05) is 0 Å². The van der Waals surface area contributed by atoms with Crippen LogP contribution in [0.5, 0.6) is 0 Å². The van der Waals surface area contributed by atoms with Crippen molar-refractivity contribution in [2.45, 2.75) is 34.1 Å². The maximum Gasteiger partial charge on any atom is 0.307 e. The predicted molar refractivity (Wildman–Crippen MR) is 43.3 cm³/mol. The number of carboxylic acids is 1. The predicted octanol–water partition coefficient (Wildman–Crippen LogP) is 2.14. The minimum atomic E-state index is -0.637. The molecule has 0 heterocycles. The Bertz CT molecular complexity index is 190. The minimum Gasteiger partial charge on any atom is -0.481 e. The Labute approximate surface area is 67.6 Å². The van der Waals surface area contributed by atoms with E-state index in [0.29, 0.717) is 0 Å². The average Bonchev–Trinajstić information content (AvgIpc) is 2.40. The summed E-state index contributed by atoms with van der Waals surface area (Å²) in [6.07, 6.45) is 0.839. The number of carboxylic acid groups (broad SMARTS) is 1.